The number of hydrogen-bond acceptors (Lipinski definition) is 6. The first kappa shape index (κ1) is 23.8. The molecule has 0 unspecified atom stereocenters. The van der Waals surface area contributed by atoms with E-state index in [1.807, 2.05) is 24.3 Å². The second-order valence-electron chi connectivity index (χ2n) is 9.42. The highest BCUT2D eigenvalue weighted by Gasteiger charge is 2.48. The molecule has 1 saturated heterocycles. The first-order chi connectivity index (χ1) is 17.4. The fourth-order valence-electron chi connectivity index (χ4n) is 4.90. The highest BCUT2D eigenvalue weighted by Crippen LogP contribution is 2.45. The maximum absolute atomic E-state index is 14.4. The molecule has 1 N–H and O–H groups in total. The highest BCUT2D eigenvalue weighted by molar-refractivity contribution is 5.81. The minimum atomic E-state index is -0.981. The third-order valence-electron chi connectivity index (χ3n) is 7.01. The van der Waals surface area contributed by atoms with E-state index in [1.165, 1.54) is 25.3 Å². The van der Waals surface area contributed by atoms with E-state index < -0.39 is 17.4 Å². The van der Waals surface area contributed by atoms with Crippen LogP contribution in [-0.4, -0.2) is 64.2 Å². The van der Waals surface area contributed by atoms with Gasteiger partial charge in [0.25, 0.3) is 0 Å². The van der Waals surface area contributed by atoms with Gasteiger partial charge < -0.3 is 15.1 Å². The van der Waals surface area contributed by atoms with E-state index in [0.29, 0.717) is 30.3 Å². The monoisotopic (exact) mass is 492 g/mol. The zero-order valence-corrected chi connectivity index (χ0v) is 19.8. The molecule has 0 bridgehead atoms. The molecule has 0 radical (unpaired) electrons. The average molecular weight is 493 g/mol. The number of hydrogen-bond donors (Lipinski definition) is 1. The van der Waals surface area contributed by atoms with Gasteiger partial charge in [0.1, 0.15) is 17.8 Å². The van der Waals surface area contributed by atoms with E-state index in [9.17, 15) is 18.4 Å². The molecular formula is C26H26F2N6O2. The molecule has 1 aliphatic heterocycles. The Bertz CT molecular complexity index is 1260. The third-order valence-corrected chi connectivity index (χ3v) is 7.01. The summed E-state index contributed by atoms with van der Waals surface area (Å²) >= 11 is 0. The smallest absolute Gasteiger partial charge is 0.219 e. The second kappa shape index (κ2) is 9.60. The van der Waals surface area contributed by atoms with Crippen LogP contribution in [0.1, 0.15) is 25.5 Å². The van der Waals surface area contributed by atoms with Crippen LogP contribution in [0.3, 0.4) is 0 Å². The van der Waals surface area contributed by atoms with Gasteiger partial charge in [0.15, 0.2) is 0 Å². The first-order valence-corrected chi connectivity index (χ1v) is 11.8. The molecule has 1 aromatic carbocycles. The molecule has 0 atom stereocenters. The van der Waals surface area contributed by atoms with Gasteiger partial charge in [-0.15, -0.1) is 10.2 Å². The zero-order valence-electron chi connectivity index (χ0n) is 19.8. The van der Waals surface area contributed by atoms with Gasteiger partial charge >= 0.3 is 0 Å². The largest absolute Gasteiger partial charge is 0.368 e. The molecule has 3 heterocycles. The molecule has 2 aliphatic rings. The lowest BCUT2D eigenvalue weighted by molar-refractivity contribution is -0.133. The van der Waals surface area contributed by atoms with E-state index in [0.717, 1.165) is 12.0 Å². The normalized spacial score (nSPS) is 21.3. The van der Waals surface area contributed by atoms with Crippen LogP contribution in [0.2, 0.25) is 0 Å². The fraction of sp³-hybridized carbons (Fsp3) is 0.346. The number of aromatic nitrogens is 3. The van der Waals surface area contributed by atoms with Crippen LogP contribution in [0.15, 0.2) is 54.7 Å². The SMILES string of the molecule is CC(=O)N1CC(N(C=O)c2cccc(-c3ccc(NCC4(c5ncccc5F)CC(F)C4)nn3)c2)C1. The molecule has 1 aliphatic carbocycles. The van der Waals surface area contributed by atoms with Crippen molar-refractivity contribution in [1.82, 2.24) is 20.1 Å². The Morgan fingerprint density at radius 3 is 2.64 bits per heavy atom. The number of amides is 2. The predicted molar refractivity (Wildman–Crippen MR) is 131 cm³/mol. The number of anilines is 2. The molecular weight excluding hydrogens is 466 g/mol. The molecule has 186 valence electrons. The summed E-state index contributed by atoms with van der Waals surface area (Å²) in [7, 11) is 0. The number of nitrogens with one attached hydrogen (secondary N) is 1. The average Bonchev–Trinajstić information content (AvgIpc) is 2.83. The molecule has 1 saturated carbocycles. The summed E-state index contributed by atoms with van der Waals surface area (Å²) in [4.78, 5) is 30.7. The van der Waals surface area contributed by atoms with E-state index in [2.05, 4.69) is 20.5 Å². The van der Waals surface area contributed by atoms with Gasteiger partial charge in [-0.05, 0) is 49.2 Å². The van der Waals surface area contributed by atoms with E-state index in [4.69, 9.17) is 0 Å². The van der Waals surface area contributed by atoms with Crippen molar-refractivity contribution < 1.29 is 18.4 Å². The van der Waals surface area contributed by atoms with Crippen LogP contribution >= 0.6 is 0 Å². The highest BCUT2D eigenvalue weighted by atomic mass is 19.1. The maximum Gasteiger partial charge on any atom is 0.219 e. The standard InChI is InChI=1S/C26H26F2N6O2/c1-17(36)33-13-21(14-33)34(16-35)20-5-2-4-18(10-20)23-7-8-24(32-31-23)30-15-26(11-19(27)12-26)25-22(28)6-3-9-29-25/h2-10,16,19,21H,11-15H2,1H3,(H,30,32). The van der Waals surface area contributed by atoms with Crippen molar-refractivity contribution in [1.29, 1.82) is 0 Å². The number of pyridine rings is 1. The van der Waals surface area contributed by atoms with Gasteiger partial charge in [0.05, 0.1) is 17.4 Å². The van der Waals surface area contributed by atoms with Crippen molar-refractivity contribution in [2.75, 3.05) is 29.9 Å². The summed E-state index contributed by atoms with van der Waals surface area (Å²) in [6, 6.07) is 13.8. The van der Waals surface area contributed by atoms with Crippen molar-refractivity contribution in [3.63, 3.8) is 0 Å². The Labute approximate surface area is 207 Å². The summed E-state index contributed by atoms with van der Waals surface area (Å²) < 4.78 is 28.2. The number of carbonyl (C=O) groups is 2. The van der Waals surface area contributed by atoms with Gasteiger partial charge in [-0.25, -0.2) is 8.78 Å². The topological polar surface area (TPSA) is 91.3 Å². The van der Waals surface area contributed by atoms with Crippen LogP contribution in [0, 0.1) is 5.82 Å². The molecule has 5 rings (SSSR count). The minimum absolute atomic E-state index is 0.00673. The van der Waals surface area contributed by atoms with Crippen LogP contribution in [-0.2, 0) is 15.0 Å². The van der Waals surface area contributed by atoms with E-state index in [1.54, 1.807) is 21.9 Å². The number of nitrogens with zero attached hydrogens (tertiary/aromatic N) is 5. The van der Waals surface area contributed by atoms with Crippen molar-refractivity contribution in [3.05, 3.63) is 66.2 Å². The summed E-state index contributed by atoms with van der Waals surface area (Å²) in [5.41, 5.74) is 1.66. The van der Waals surface area contributed by atoms with Crippen LogP contribution < -0.4 is 10.2 Å². The van der Waals surface area contributed by atoms with Crippen LogP contribution in [0.25, 0.3) is 11.3 Å². The second-order valence-corrected chi connectivity index (χ2v) is 9.42. The maximum atomic E-state index is 14.4. The molecule has 2 fully saturated rings. The van der Waals surface area contributed by atoms with Gasteiger partial charge in [-0.3, -0.25) is 14.6 Å². The first-order valence-electron chi connectivity index (χ1n) is 11.8. The lowest BCUT2D eigenvalue weighted by atomic mass is 9.65. The fourth-order valence-corrected chi connectivity index (χ4v) is 4.90. The van der Waals surface area contributed by atoms with Gasteiger partial charge in [0, 0.05) is 49.4 Å². The Morgan fingerprint density at radius 2 is 2.00 bits per heavy atom. The number of likely N-dealkylation sites (tertiary alicyclic amines) is 1. The number of alkyl halides is 1. The number of carbonyl (C=O) groups excluding carboxylic acids is 2. The quantitative estimate of drug-likeness (QED) is 0.485. The van der Waals surface area contributed by atoms with Crippen molar-refractivity contribution in [2.45, 2.75) is 37.4 Å². The zero-order chi connectivity index (χ0) is 25.3. The Kier molecular flexibility index (Phi) is 6.34. The van der Waals surface area contributed by atoms with Crippen LogP contribution in [0.5, 0.6) is 0 Å². The number of halogens is 2. The third kappa shape index (κ3) is 4.50. The minimum Gasteiger partial charge on any atom is -0.368 e. The Hall–Kier alpha value is -3.95. The lowest BCUT2D eigenvalue weighted by Crippen LogP contribution is -2.60. The van der Waals surface area contributed by atoms with Crippen molar-refractivity contribution in [3.8, 4) is 11.3 Å². The van der Waals surface area contributed by atoms with Gasteiger partial charge in [0.2, 0.25) is 12.3 Å². The summed E-state index contributed by atoms with van der Waals surface area (Å²) in [5.74, 6) is 0.0433. The molecule has 0 spiro atoms. The summed E-state index contributed by atoms with van der Waals surface area (Å²) in [5, 5.41) is 11.7. The molecule has 36 heavy (non-hydrogen) atoms. The molecule has 3 aromatic rings. The lowest BCUT2D eigenvalue weighted by Gasteiger charge is -2.44. The Morgan fingerprint density at radius 1 is 1.19 bits per heavy atom. The van der Waals surface area contributed by atoms with Crippen molar-refractivity contribution in [2.24, 2.45) is 0 Å². The van der Waals surface area contributed by atoms with E-state index in [-0.39, 0.29) is 37.0 Å². The molecule has 2 aromatic heterocycles. The van der Waals surface area contributed by atoms with Crippen molar-refractivity contribution >= 4 is 23.8 Å². The predicted octanol–water partition coefficient (Wildman–Crippen LogP) is 3.35. The summed E-state index contributed by atoms with van der Waals surface area (Å²) in [6.45, 7) is 2.81. The molecule has 2 amide bonds. The summed E-state index contributed by atoms with van der Waals surface area (Å²) in [6.07, 6.45) is 1.72. The van der Waals surface area contributed by atoms with Crippen LogP contribution in [0.4, 0.5) is 20.3 Å². The Balaban J connectivity index is 1.27. The van der Waals surface area contributed by atoms with Gasteiger partial charge in [-0.1, -0.05) is 12.1 Å². The number of benzene rings is 1. The van der Waals surface area contributed by atoms with Gasteiger partial charge in [-0.2, -0.15) is 0 Å². The molecule has 10 heteroatoms. The molecule has 8 nitrogen and oxygen atoms in total. The van der Waals surface area contributed by atoms with E-state index >= 15 is 0 Å². The number of rotatable bonds is 8.